The number of ether oxygens (including phenoxy) is 1. The van der Waals surface area contributed by atoms with Crippen LogP contribution in [0, 0.1) is 0 Å². The Morgan fingerprint density at radius 3 is 2.58 bits per heavy atom. The van der Waals surface area contributed by atoms with Crippen molar-refractivity contribution in [3.63, 3.8) is 0 Å². The number of aromatic nitrogens is 1. The zero-order chi connectivity index (χ0) is 14.6. The first-order valence-electron chi connectivity index (χ1n) is 5.51. The lowest BCUT2D eigenvalue weighted by molar-refractivity contribution is 0.0636. The smallest absolute Gasteiger partial charge is 0.412 e. The summed E-state index contributed by atoms with van der Waals surface area (Å²) in [5.74, 6) is -1.08. The number of carbonyl (C=O) groups excluding carboxylic acids is 1. The van der Waals surface area contributed by atoms with Gasteiger partial charge in [0, 0.05) is 12.1 Å². The summed E-state index contributed by atoms with van der Waals surface area (Å²) in [5, 5.41) is 11.3. The molecular formula is C12H15ClN2O4. The maximum atomic E-state index is 11.6. The number of carbonyl (C=O) groups is 2. The van der Waals surface area contributed by atoms with Gasteiger partial charge in [-0.2, -0.15) is 0 Å². The molecule has 1 heterocycles. The number of carboxylic acids is 1. The number of nitrogens with zero attached hydrogens (tertiary/aromatic N) is 1. The van der Waals surface area contributed by atoms with Crippen LogP contribution in [0.15, 0.2) is 12.3 Å². The molecule has 0 aliphatic rings. The van der Waals surface area contributed by atoms with Gasteiger partial charge in [-0.25, -0.2) is 14.6 Å². The van der Waals surface area contributed by atoms with Crippen molar-refractivity contribution in [2.45, 2.75) is 32.3 Å². The molecule has 0 aliphatic carbocycles. The number of hydrogen-bond acceptors (Lipinski definition) is 4. The van der Waals surface area contributed by atoms with Gasteiger partial charge in [0.2, 0.25) is 0 Å². The fourth-order valence-electron chi connectivity index (χ4n) is 1.26. The Morgan fingerprint density at radius 2 is 2.11 bits per heavy atom. The molecule has 19 heavy (non-hydrogen) atoms. The van der Waals surface area contributed by atoms with Crippen LogP contribution in [0.3, 0.4) is 0 Å². The van der Waals surface area contributed by atoms with Crippen LogP contribution in [0.5, 0.6) is 0 Å². The summed E-state index contributed by atoms with van der Waals surface area (Å²) in [6, 6.07) is 1.45. The summed E-state index contributed by atoms with van der Waals surface area (Å²) >= 11 is 5.64. The van der Waals surface area contributed by atoms with E-state index in [1.165, 1.54) is 12.3 Å². The second-order valence-corrected chi connectivity index (χ2v) is 5.07. The van der Waals surface area contributed by atoms with Crippen LogP contribution in [-0.2, 0) is 10.6 Å². The quantitative estimate of drug-likeness (QED) is 0.834. The van der Waals surface area contributed by atoms with Gasteiger partial charge in [0.15, 0.2) is 5.69 Å². The van der Waals surface area contributed by atoms with E-state index < -0.39 is 17.7 Å². The SMILES string of the molecule is CC(C)(C)OC(=O)Nc1cc(CCl)cnc1C(=O)O. The normalized spacial score (nSPS) is 10.9. The molecule has 7 heteroatoms. The zero-order valence-corrected chi connectivity index (χ0v) is 11.6. The molecule has 1 amide bonds. The minimum absolute atomic E-state index is 0.0555. The van der Waals surface area contributed by atoms with Crippen LogP contribution in [0.1, 0.15) is 36.8 Å². The lowest BCUT2D eigenvalue weighted by Crippen LogP contribution is -2.28. The van der Waals surface area contributed by atoms with E-state index in [1.54, 1.807) is 20.8 Å². The molecule has 2 N–H and O–H groups in total. The Kier molecular flexibility index (Phi) is 4.72. The molecule has 0 fully saturated rings. The average molecular weight is 287 g/mol. The van der Waals surface area contributed by atoms with Crippen molar-refractivity contribution in [3.05, 3.63) is 23.5 Å². The van der Waals surface area contributed by atoms with Crippen molar-refractivity contribution in [1.82, 2.24) is 4.98 Å². The van der Waals surface area contributed by atoms with E-state index in [9.17, 15) is 9.59 Å². The van der Waals surface area contributed by atoms with Gasteiger partial charge in [0.1, 0.15) is 5.60 Å². The summed E-state index contributed by atoms with van der Waals surface area (Å²) in [4.78, 5) is 26.4. The van der Waals surface area contributed by atoms with Crippen LogP contribution in [0.2, 0.25) is 0 Å². The van der Waals surface area contributed by atoms with Gasteiger partial charge >= 0.3 is 12.1 Å². The molecule has 0 unspecified atom stereocenters. The molecule has 0 atom stereocenters. The molecule has 0 saturated carbocycles. The van der Waals surface area contributed by atoms with Crippen molar-refractivity contribution in [3.8, 4) is 0 Å². The first-order chi connectivity index (χ1) is 8.73. The number of halogens is 1. The molecule has 0 radical (unpaired) electrons. The molecule has 0 spiro atoms. The van der Waals surface area contributed by atoms with Gasteiger partial charge in [-0.3, -0.25) is 5.32 Å². The fraction of sp³-hybridized carbons (Fsp3) is 0.417. The van der Waals surface area contributed by atoms with Crippen molar-refractivity contribution in [2.24, 2.45) is 0 Å². The van der Waals surface area contributed by atoms with Gasteiger partial charge in [-0.05, 0) is 32.4 Å². The zero-order valence-electron chi connectivity index (χ0n) is 10.9. The van der Waals surface area contributed by atoms with E-state index in [-0.39, 0.29) is 17.3 Å². The molecule has 104 valence electrons. The second kappa shape index (κ2) is 5.88. The van der Waals surface area contributed by atoms with E-state index in [4.69, 9.17) is 21.4 Å². The number of rotatable bonds is 3. The van der Waals surface area contributed by atoms with E-state index in [1.807, 2.05) is 0 Å². The van der Waals surface area contributed by atoms with Crippen LogP contribution < -0.4 is 5.32 Å². The van der Waals surface area contributed by atoms with Gasteiger partial charge in [0.05, 0.1) is 5.69 Å². The summed E-state index contributed by atoms with van der Waals surface area (Å²) < 4.78 is 5.05. The number of aromatic carboxylic acids is 1. The molecule has 1 rings (SSSR count). The Balaban J connectivity index is 2.98. The predicted octanol–water partition coefficient (Wildman–Crippen LogP) is 2.87. The Hall–Kier alpha value is -1.82. The molecule has 1 aromatic rings. The first kappa shape index (κ1) is 15.2. The van der Waals surface area contributed by atoms with E-state index in [2.05, 4.69) is 10.3 Å². The van der Waals surface area contributed by atoms with Gasteiger partial charge in [-0.15, -0.1) is 11.6 Å². The number of carboxylic acid groups (broad SMARTS) is 1. The topological polar surface area (TPSA) is 88.5 Å². The standard InChI is InChI=1S/C12H15ClN2O4/c1-12(2,3)19-11(18)15-8-4-7(5-13)6-14-9(8)10(16)17/h4,6H,5H2,1-3H3,(H,15,18)(H,16,17). The third-order valence-corrected chi connectivity index (χ3v) is 2.25. The molecule has 0 saturated heterocycles. The highest BCUT2D eigenvalue weighted by atomic mass is 35.5. The summed E-state index contributed by atoms with van der Waals surface area (Å²) in [5.41, 5.74) is -0.289. The summed E-state index contributed by atoms with van der Waals surface area (Å²) in [7, 11) is 0. The minimum atomic E-state index is -1.24. The number of pyridine rings is 1. The van der Waals surface area contributed by atoms with Crippen molar-refractivity contribution in [2.75, 3.05) is 5.32 Å². The highest BCUT2D eigenvalue weighted by Crippen LogP contribution is 2.18. The van der Waals surface area contributed by atoms with Crippen molar-refractivity contribution < 1.29 is 19.4 Å². The Bertz CT molecular complexity index is 497. The highest BCUT2D eigenvalue weighted by molar-refractivity contribution is 6.17. The van der Waals surface area contributed by atoms with Crippen LogP contribution in [-0.4, -0.2) is 27.8 Å². The number of amides is 1. The summed E-state index contributed by atoms with van der Waals surface area (Å²) in [6.45, 7) is 5.12. The lowest BCUT2D eigenvalue weighted by Gasteiger charge is -2.20. The largest absolute Gasteiger partial charge is 0.476 e. The molecule has 0 bridgehead atoms. The minimum Gasteiger partial charge on any atom is -0.476 e. The second-order valence-electron chi connectivity index (χ2n) is 4.81. The molecule has 1 aromatic heterocycles. The van der Waals surface area contributed by atoms with Crippen molar-refractivity contribution in [1.29, 1.82) is 0 Å². The number of anilines is 1. The van der Waals surface area contributed by atoms with E-state index in [0.717, 1.165) is 0 Å². The van der Waals surface area contributed by atoms with Gasteiger partial charge in [-0.1, -0.05) is 0 Å². The summed E-state index contributed by atoms with van der Waals surface area (Å²) in [6.07, 6.45) is 0.597. The van der Waals surface area contributed by atoms with Crippen LogP contribution in [0.25, 0.3) is 0 Å². The van der Waals surface area contributed by atoms with Gasteiger partial charge in [0.25, 0.3) is 0 Å². The number of alkyl halides is 1. The number of nitrogens with one attached hydrogen (secondary N) is 1. The van der Waals surface area contributed by atoms with Crippen molar-refractivity contribution >= 4 is 29.4 Å². The molecule has 0 aromatic carbocycles. The third-order valence-electron chi connectivity index (χ3n) is 1.94. The van der Waals surface area contributed by atoms with Gasteiger partial charge < -0.3 is 9.84 Å². The molecule has 0 aliphatic heterocycles. The first-order valence-corrected chi connectivity index (χ1v) is 6.04. The fourth-order valence-corrected chi connectivity index (χ4v) is 1.41. The Labute approximate surface area is 115 Å². The maximum Gasteiger partial charge on any atom is 0.412 e. The van der Waals surface area contributed by atoms with E-state index in [0.29, 0.717) is 5.56 Å². The maximum absolute atomic E-state index is 11.6. The Morgan fingerprint density at radius 1 is 1.47 bits per heavy atom. The third kappa shape index (κ3) is 4.75. The monoisotopic (exact) mass is 286 g/mol. The molecule has 6 nitrogen and oxygen atoms in total. The highest BCUT2D eigenvalue weighted by Gasteiger charge is 2.19. The predicted molar refractivity (Wildman–Crippen MR) is 70.6 cm³/mol. The number of hydrogen-bond donors (Lipinski definition) is 2. The molecular weight excluding hydrogens is 272 g/mol. The van der Waals surface area contributed by atoms with Crippen LogP contribution in [0.4, 0.5) is 10.5 Å². The van der Waals surface area contributed by atoms with E-state index >= 15 is 0 Å². The lowest BCUT2D eigenvalue weighted by atomic mass is 10.2. The average Bonchev–Trinajstić information content (AvgIpc) is 2.25. The van der Waals surface area contributed by atoms with Crippen LogP contribution >= 0.6 is 11.6 Å².